The van der Waals surface area contributed by atoms with Crippen LogP contribution in [0.2, 0.25) is 0 Å². The Hall–Kier alpha value is -3.14. The van der Waals surface area contributed by atoms with Gasteiger partial charge in [0.2, 0.25) is 11.8 Å². The van der Waals surface area contributed by atoms with Crippen molar-refractivity contribution in [3.63, 3.8) is 0 Å². The zero-order valence-electron chi connectivity index (χ0n) is 15.0. The minimum Gasteiger partial charge on any atom is -0.366 e. The summed E-state index contributed by atoms with van der Waals surface area (Å²) in [5.74, 6) is -1.04. The third-order valence-electron chi connectivity index (χ3n) is 4.62. The molecule has 2 aliphatic rings. The normalized spacial score (nSPS) is 15.8. The van der Waals surface area contributed by atoms with E-state index < -0.39 is 11.8 Å². The maximum Gasteiger partial charge on any atom is 0.248 e. The number of carbonyl (C=O) groups is 2. The molecule has 0 unspecified atom stereocenters. The number of fused-ring (bicyclic) bond motifs is 4. The molecule has 0 atom stereocenters. The summed E-state index contributed by atoms with van der Waals surface area (Å²) in [4.78, 5) is 21.2. The molecule has 0 radical (unpaired) electrons. The number of carbonyl (C=O) groups excluding carboxylic acids is 2. The van der Waals surface area contributed by atoms with Crippen LogP contribution in [-0.4, -0.2) is 11.8 Å². The zero-order chi connectivity index (χ0) is 18.9. The first kappa shape index (κ1) is 17.7. The molecule has 4 N–H and O–H groups in total. The highest BCUT2D eigenvalue weighted by Crippen LogP contribution is 2.50. The van der Waals surface area contributed by atoms with Crippen LogP contribution in [0.5, 0.6) is 0 Å². The molecular formula is C22H22N2O2. The molecule has 4 nitrogen and oxygen atoms in total. The summed E-state index contributed by atoms with van der Waals surface area (Å²) < 4.78 is 0. The molecular weight excluding hydrogens is 324 g/mol. The lowest BCUT2D eigenvalue weighted by atomic mass is 9.69. The average molecular weight is 346 g/mol. The summed E-state index contributed by atoms with van der Waals surface area (Å²) in [5, 5.41) is 0. The van der Waals surface area contributed by atoms with Crippen molar-refractivity contribution < 1.29 is 9.59 Å². The monoisotopic (exact) mass is 346 g/mol. The van der Waals surface area contributed by atoms with E-state index in [9.17, 15) is 9.59 Å². The second kappa shape index (κ2) is 6.64. The van der Waals surface area contributed by atoms with Crippen LogP contribution >= 0.6 is 0 Å². The minimum absolute atomic E-state index is 0.340. The predicted molar refractivity (Wildman–Crippen MR) is 104 cm³/mol. The SMILES string of the molecule is CC1(C)C=C2C(=CC1)c1ccccc12.NC(=O)c1ccc(C(N)=O)cc1. The van der Waals surface area contributed by atoms with E-state index in [0.717, 1.165) is 0 Å². The van der Waals surface area contributed by atoms with E-state index in [1.807, 2.05) is 0 Å². The maximum atomic E-state index is 10.6. The van der Waals surface area contributed by atoms with Gasteiger partial charge in [-0.1, -0.05) is 50.3 Å². The first-order valence-electron chi connectivity index (χ1n) is 8.51. The molecule has 0 aliphatic heterocycles. The molecule has 0 heterocycles. The number of rotatable bonds is 2. The van der Waals surface area contributed by atoms with Crippen LogP contribution in [0.4, 0.5) is 0 Å². The standard InChI is InChI=1S/C14H14.C8H8N2O2/c1-14(2)8-7-12-10-5-3-4-6-11(10)13(12)9-14;9-7(11)5-1-2-6(4-3-5)8(10)12/h3-7,9H,8H2,1-2H3;1-4H,(H2,9,11)(H2,10,12). The van der Waals surface area contributed by atoms with Crippen molar-refractivity contribution in [2.24, 2.45) is 16.9 Å². The quantitative estimate of drug-likeness (QED) is 0.867. The van der Waals surface area contributed by atoms with Crippen molar-refractivity contribution in [2.75, 3.05) is 0 Å². The molecule has 132 valence electrons. The summed E-state index contributed by atoms with van der Waals surface area (Å²) in [6.45, 7) is 4.60. The summed E-state index contributed by atoms with van der Waals surface area (Å²) >= 11 is 0. The van der Waals surface area contributed by atoms with Gasteiger partial charge in [0.05, 0.1) is 0 Å². The van der Waals surface area contributed by atoms with Crippen LogP contribution in [0.25, 0.3) is 11.1 Å². The summed E-state index contributed by atoms with van der Waals surface area (Å²) in [7, 11) is 0. The molecule has 26 heavy (non-hydrogen) atoms. The number of hydrogen-bond acceptors (Lipinski definition) is 2. The van der Waals surface area contributed by atoms with Crippen LogP contribution in [0, 0.1) is 5.41 Å². The Balaban J connectivity index is 0.000000153. The van der Waals surface area contributed by atoms with E-state index in [0.29, 0.717) is 16.5 Å². The Morgan fingerprint density at radius 1 is 0.808 bits per heavy atom. The van der Waals surface area contributed by atoms with Gasteiger partial charge in [0.15, 0.2) is 0 Å². The Morgan fingerprint density at radius 2 is 1.27 bits per heavy atom. The van der Waals surface area contributed by atoms with Gasteiger partial charge < -0.3 is 11.5 Å². The largest absolute Gasteiger partial charge is 0.366 e. The number of primary amides is 2. The molecule has 4 rings (SSSR count). The third kappa shape index (κ3) is 3.45. The van der Waals surface area contributed by atoms with Gasteiger partial charge in [-0.25, -0.2) is 0 Å². The highest BCUT2D eigenvalue weighted by atomic mass is 16.1. The highest BCUT2D eigenvalue weighted by molar-refractivity contribution is 6.17. The second-order valence-electron chi connectivity index (χ2n) is 7.22. The van der Waals surface area contributed by atoms with Crippen molar-refractivity contribution in [1.82, 2.24) is 0 Å². The lowest BCUT2D eigenvalue weighted by molar-refractivity contribution is 0.0988. The Kier molecular flexibility index (Phi) is 4.51. The fraction of sp³-hybridized carbons (Fsp3) is 0.182. The van der Waals surface area contributed by atoms with Crippen LogP contribution in [0.1, 0.15) is 52.1 Å². The summed E-state index contributed by atoms with van der Waals surface area (Å²) in [6.07, 6.45) is 5.97. The van der Waals surface area contributed by atoms with E-state index in [4.69, 9.17) is 11.5 Å². The van der Waals surface area contributed by atoms with Gasteiger partial charge in [-0.15, -0.1) is 0 Å². The smallest absolute Gasteiger partial charge is 0.248 e. The van der Waals surface area contributed by atoms with Crippen molar-refractivity contribution in [2.45, 2.75) is 20.3 Å². The van der Waals surface area contributed by atoms with E-state index in [-0.39, 0.29) is 0 Å². The molecule has 2 amide bonds. The van der Waals surface area contributed by atoms with E-state index in [1.165, 1.54) is 53.0 Å². The van der Waals surface area contributed by atoms with Crippen LogP contribution in [0.15, 0.2) is 60.7 Å². The third-order valence-corrected chi connectivity index (χ3v) is 4.62. The predicted octanol–water partition coefficient (Wildman–Crippen LogP) is 3.78. The molecule has 2 aliphatic carbocycles. The van der Waals surface area contributed by atoms with Crippen molar-refractivity contribution >= 4 is 23.0 Å². The van der Waals surface area contributed by atoms with Gasteiger partial charge in [-0.3, -0.25) is 9.59 Å². The first-order chi connectivity index (χ1) is 12.3. The number of allylic oxidation sites excluding steroid dienone is 4. The van der Waals surface area contributed by atoms with E-state index in [1.54, 1.807) is 0 Å². The molecule has 4 heteroatoms. The number of amides is 2. The van der Waals surface area contributed by atoms with E-state index in [2.05, 4.69) is 50.3 Å². The van der Waals surface area contributed by atoms with Gasteiger partial charge >= 0.3 is 0 Å². The molecule has 2 aromatic rings. The molecule has 0 aromatic heterocycles. The lowest BCUT2D eigenvalue weighted by Crippen LogP contribution is -2.17. The molecule has 0 saturated carbocycles. The highest BCUT2D eigenvalue weighted by Gasteiger charge is 2.31. The molecule has 0 fully saturated rings. The Bertz CT molecular complexity index is 902. The summed E-state index contributed by atoms with van der Waals surface area (Å²) in [6, 6.07) is 14.5. The number of benzene rings is 2. The number of nitrogens with two attached hydrogens (primary N) is 2. The zero-order valence-corrected chi connectivity index (χ0v) is 15.0. The lowest BCUT2D eigenvalue weighted by Gasteiger charge is -2.35. The molecule has 2 aromatic carbocycles. The molecule has 0 bridgehead atoms. The number of hydrogen-bond donors (Lipinski definition) is 2. The Labute approximate surface area is 153 Å². The fourth-order valence-corrected chi connectivity index (χ4v) is 3.17. The van der Waals surface area contributed by atoms with Gasteiger partial charge in [0.1, 0.15) is 0 Å². The minimum atomic E-state index is -0.522. The van der Waals surface area contributed by atoms with Crippen LogP contribution < -0.4 is 11.5 Å². The van der Waals surface area contributed by atoms with Gasteiger partial charge in [0, 0.05) is 11.1 Å². The summed E-state index contributed by atoms with van der Waals surface area (Å²) in [5.41, 5.74) is 16.8. The van der Waals surface area contributed by atoms with Crippen LogP contribution in [0.3, 0.4) is 0 Å². The fourth-order valence-electron chi connectivity index (χ4n) is 3.17. The first-order valence-corrected chi connectivity index (χ1v) is 8.51. The van der Waals surface area contributed by atoms with E-state index >= 15 is 0 Å². The van der Waals surface area contributed by atoms with Crippen LogP contribution in [-0.2, 0) is 0 Å². The molecule has 0 saturated heterocycles. The maximum absolute atomic E-state index is 10.6. The Morgan fingerprint density at radius 3 is 1.73 bits per heavy atom. The molecule has 0 spiro atoms. The second-order valence-corrected chi connectivity index (χ2v) is 7.22. The topological polar surface area (TPSA) is 86.2 Å². The van der Waals surface area contributed by atoms with Crippen molar-refractivity contribution in [3.05, 3.63) is 82.9 Å². The van der Waals surface area contributed by atoms with Gasteiger partial charge in [-0.05, 0) is 58.4 Å². The van der Waals surface area contributed by atoms with Gasteiger partial charge in [-0.2, -0.15) is 0 Å². The average Bonchev–Trinajstić information content (AvgIpc) is 2.60. The van der Waals surface area contributed by atoms with Crippen molar-refractivity contribution in [1.29, 1.82) is 0 Å². The van der Waals surface area contributed by atoms with Gasteiger partial charge in [0.25, 0.3) is 0 Å². The van der Waals surface area contributed by atoms with Crippen molar-refractivity contribution in [3.8, 4) is 0 Å².